The summed E-state index contributed by atoms with van der Waals surface area (Å²) in [6.45, 7) is 14.1. The minimum absolute atomic E-state index is 0.682. The van der Waals surface area contributed by atoms with Crippen LogP contribution in [0.3, 0.4) is 0 Å². The van der Waals surface area contributed by atoms with Gasteiger partial charge in [-0.3, -0.25) is 0 Å². The van der Waals surface area contributed by atoms with Gasteiger partial charge in [-0.25, -0.2) is 24.9 Å². The number of nitrogens with zero attached hydrogens (tertiary/aromatic N) is 5. The van der Waals surface area contributed by atoms with E-state index in [4.69, 9.17) is 8.83 Å². The quantitative estimate of drug-likeness (QED) is 0.164. The van der Waals surface area contributed by atoms with E-state index in [2.05, 4.69) is 149 Å². The molecule has 0 bridgehead atoms. The summed E-state index contributed by atoms with van der Waals surface area (Å²) >= 11 is 5.26. The molecule has 10 heteroatoms. The van der Waals surface area contributed by atoms with Gasteiger partial charge in [0.1, 0.15) is 10.5 Å². The molecule has 7 nitrogen and oxygen atoms in total. The van der Waals surface area contributed by atoms with Crippen molar-refractivity contribution in [1.29, 1.82) is 0 Å². The Balaban J connectivity index is 0.000000117. The monoisotopic (exact) mass is 1050 g/mol. The van der Waals surface area contributed by atoms with Crippen molar-refractivity contribution in [3.8, 4) is 65.5 Å². The summed E-state index contributed by atoms with van der Waals surface area (Å²) in [4.78, 5) is 24.9. The van der Waals surface area contributed by atoms with Gasteiger partial charge in [-0.2, -0.15) is 0 Å². The number of thiazole rings is 3. The fourth-order valence-corrected chi connectivity index (χ4v) is 11.2. The first-order valence-electron chi connectivity index (χ1n) is 25.0. The van der Waals surface area contributed by atoms with E-state index < -0.39 is 0 Å². The first kappa shape index (κ1) is 52.5. The number of benzene rings is 8. The zero-order chi connectivity index (χ0) is 52.8. The van der Waals surface area contributed by atoms with Gasteiger partial charge in [0.05, 0.1) is 47.1 Å². The topological polar surface area (TPSA) is 90.7 Å². The van der Waals surface area contributed by atoms with E-state index in [1.165, 1.54) is 47.8 Å². The molecule has 76 heavy (non-hydrogen) atoms. The molecule has 0 saturated heterocycles. The van der Waals surface area contributed by atoms with E-state index in [-0.39, 0.29) is 0 Å². The molecule has 0 N–H and O–H groups in total. The molecule has 5 aromatic heterocycles. The molecule has 5 heterocycles. The minimum Gasteiger partial charge on any atom is -0.441 e. The maximum Gasteiger partial charge on any atom is 0.227 e. The number of aryl methyl sites for hydroxylation is 7. The van der Waals surface area contributed by atoms with Gasteiger partial charge in [-0.1, -0.05) is 182 Å². The summed E-state index contributed by atoms with van der Waals surface area (Å²) in [7, 11) is 0. The third-order valence-corrected chi connectivity index (χ3v) is 15.0. The molecule has 376 valence electrons. The molecule has 0 fully saturated rings. The van der Waals surface area contributed by atoms with Crippen LogP contribution < -0.4 is 0 Å². The molecule has 0 aliphatic heterocycles. The number of hydrogen-bond acceptors (Lipinski definition) is 10. The van der Waals surface area contributed by atoms with Gasteiger partial charge in [0.25, 0.3) is 0 Å². The van der Waals surface area contributed by atoms with E-state index in [9.17, 15) is 0 Å². The number of rotatable bonds is 6. The highest BCUT2D eigenvalue weighted by Gasteiger charge is 2.13. The van der Waals surface area contributed by atoms with Crippen molar-refractivity contribution in [2.24, 2.45) is 0 Å². The number of aromatic nitrogens is 5. The molecule has 13 aromatic rings. The molecule has 8 aromatic carbocycles. The van der Waals surface area contributed by atoms with Crippen LogP contribution in [0.4, 0.5) is 0 Å². The summed E-state index contributed by atoms with van der Waals surface area (Å²) in [6, 6.07) is 73.9. The maximum atomic E-state index is 5.72. The molecule has 0 saturated carbocycles. The van der Waals surface area contributed by atoms with Crippen molar-refractivity contribution in [2.45, 2.75) is 48.5 Å². The largest absolute Gasteiger partial charge is 0.441 e. The van der Waals surface area contributed by atoms with Crippen LogP contribution in [-0.4, -0.2) is 24.9 Å². The van der Waals surface area contributed by atoms with Crippen molar-refractivity contribution < 1.29 is 8.83 Å². The van der Waals surface area contributed by atoms with E-state index in [1.54, 1.807) is 34.0 Å². The predicted molar refractivity (Wildman–Crippen MR) is 320 cm³/mol. The number of oxazole rings is 2. The zero-order valence-corrected chi connectivity index (χ0v) is 46.0. The molecule has 0 atom stereocenters. The van der Waals surface area contributed by atoms with E-state index in [0.717, 1.165) is 71.5 Å². The minimum atomic E-state index is 0.682. The molecule has 0 spiro atoms. The lowest BCUT2D eigenvalue weighted by molar-refractivity contribution is 0.534. The molecular formula is C66H57N5O2S3. The lowest BCUT2D eigenvalue weighted by Gasteiger charge is -2.02. The van der Waals surface area contributed by atoms with Crippen LogP contribution in [0.25, 0.3) is 86.8 Å². The van der Waals surface area contributed by atoms with Crippen LogP contribution in [0.1, 0.15) is 38.4 Å². The molecular weight excluding hydrogens is 991 g/mol. The summed E-state index contributed by atoms with van der Waals surface area (Å²) in [5.74, 6) is 2.27. The Morgan fingerprint density at radius 2 is 0.816 bits per heavy atom. The van der Waals surface area contributed by atoms with Gasteiger partial charge >= 0.3 is 0 Å². The standard InChI is InChI=1S/C16H13NS.C14H11NO.C14H11NS.C11H11NO.C11H11NS/c1-12-17-15(13-8-4-2-5-9-13)16(18-12)14-10-6-3-7-11-14;2*1-10-7-8-12-13(9-10)16-14(15-12)11-5-3-2-4-6-11;2*1-8-11(13-9(2)12-8)10-6-4-3-5-7-10/h2-11H,1H3;2*2-9H,1H3;2*3-7H,1-2H3. The second-order valence-electron chi connectivity index (χ2n) is 17.9. The normalized spacial score (nSPS) is 10.6. The van der Waals surface area contributed by atoms with Crippen molar-refractivity contribution in [3.63, 3.8) is 0 Å². The highest BCUT2D eigenvalue weighted by Crippen LogP contribution is 2.37. The highest BCUT2D eigenvalue weighted by atomic mass is 32.1. The van der Waals surface area contributed by atoms with Crippen molar-refractivity contribution >= 4 is 55.3 Å². The van der Waals surface area contributed by atoms with Crippen molar-refractivity contribution in [3.05, 3.63) is 257 Å². The summed E-state index contributed by atoms with van der Waals surface area (Å²) in [5.41, 5.74) is 15.5. The van der Waals surface area contributed by atoms with Gasteiger partial charge < -0.3 is 8.83 Å². The highest BCUT2D eigenvalue weighted by molar-refractivity contribution is 7.21. The summed E-state index contributed by atoms with van der Waals surface area (Å²) < 4.78 is 12.5. The maximum absolute atomic E-state index is 5.72. The Bertz CT molecular complexity index is 3630. The number of fused-ring (bicyclic) bond motifs is 2. The van der Waals surface area contributed by atoms with E-state index in [0.29, 0.717) is 5.89 Å². The van der Waals surface area contributed by atoms with Crippen LogP contribution in [0.15, 0.2) is 227 Å². The van der Waals surface area contributed by atoms with E-state index >= 15 is 0 Å². The first-order valence-corrected chi connectivity index (χ1v) is 27.4. The second kappa shape index (κ2) is 25.2. The van der Waals surface area contributed by atoms with Crippen molar-refractivity contribution in [1.82, 2.24) is 24.9 Å². The number of hydrogen-bond donors (Lipinski definition) is 0. The molecule has 0 unspecified atom stereocenters. The molecule has 0 aliphatic rings. The van der Waals surface area contributed by atoms with Gasteiger partial charge in [0, 0.05) is 29.2 Å². The predicted octanol–water partition coefficient (Wildman–Crippen LogP) is 19.2. The third kappa shape index (κ3) is 13.6. The van der Waals surface area contributed by atoms with Gasteiger partial charge in [-0.15, -0.1) is 34.0 Å². The van der Waals surface area contributed by atoms with Crippen LogP contribution in [0.2, 0.25) is 0 Å². The van der Waals surface area contributed by atoms with Crippen LogP contribution in [0, 0.1) is 48.5 Å². The smallest absolute Gasteiger partial charge is 0.227 e. The molecule has 0 radical (unpaired) electrons. The first-order chi connectivity index (χ1) is 37.0. The molecule has 0 aliphatic carbocycles. The lowest BCUT2D eigenvalue weighted by atomic mass is 10.1. The van der Waals surface area contributed by atoms with Crippen LogP contribution in [-0.2, 0) is 0 Å². The Labute approximate surface area is 457 Å². The summed E-state index contributed by atoms with van der Waals surface area (Å²) in [5, 5.41) is 3.34. The third-order valence-electron chi connectivity index (χ3n) is 11.8. The Hall–Kier alpha value is -8.41. The SMILES string of the molecule is Cc1ccc2nc(-c3ccccc3)oc2c1.Cc1ccc2nc(-c3ccccc3)sc2c1.Cc1nc(-c2ccccc2)c(-c2ccccc2)s1.Cc1nc(C)c(-c2ccccc2)o1.Cc1nc(C)c(-c2ccccc2)s1. The molecule has 0 amide bonds. The Morgan fingerprint density at radius 3 is 1.36 bits per heavy atom. The Kier molecular flexibility index (Phi) is 17.4. The lowest BCUT2D eigenvalue weighted by Crippen LogP contribution is -1.81. The van der Waals surface area contributed by atoms with Crippen molar-refractivity contribution in [2.75, 3.05) is 0 Å². The van der Waals surface area contributed by atoms with E-state index in [1.807, 2.05) is 143 Å². The van der Waals surface area contributed by atoms with Crippen LogP contribution >= 0.6 is 34.0 Å². The molecule has 13 rings (SSSR count). The zero-order valence-electron chi connectivity index (χ0n) is 43.6. The average molecular weight is 1050 g/mol. The summed E-state index contributed by atoms with van der Waals surface area (Å²) in [6.07, 6.45) is 0. The average Bonchev–Trinajstić information content (AvgIpc) is 4.31. The fraction of sp³-hybridized carbons (Fsp3) is 0.106. The Morgan fingerprint density at radius 1 is 0.342 bits per heavy atom. The van der Waals surface area contributed by atoms with Gasteiger partial charge in [0.15, 0.2) is 17.2 Å². The van der Waals surface area contributed by atoms with Gasteiger partial charge in [0.2, 0.25) is 5.89 Å². The van der Waals surface area contributed by atoms with Gasteiger partial charge in [-0.05, 0) is 100 Å². The second-order valence-corrected chi connectivity index (χ2v) is 21.3. The fourth-order valence-electron chi connectivity index (χ4n) is 8.25. The van der Waals surface area contributed by atoms with Crippen LogP contribution in [0.5, 0.6) is 0 Å².